The summed E-state index contributed by atoms with van der Waals surface area (Å²) in [5.41, 5.74) is 1.18. The van der Waals surface area contributed by atoms with Gasteiger partial charge in [-0.1, -0.05) is 11.6 Å². The van der Waals surface area contributed by atoms with Crippen molar-refractivity contribution < 1.29 is 4.79 Å². The van der Waals surface area contributed by atoms with E-state index in [4.69, 9.17) is 11.6 Å². The average molecular weight is 332 g/mol. The van der Waals surface area contributed by atoms with Crippen LogP contribution in [0.2, 0.25) is 5.02 Å². The number of halogens is 2. The third kappa shape index (κ3) is 2.23. The molecule has 0 fully saturated rings. The summed E-state index contributed by atoms with van der Waals surface area (Å²) in [6.07, 6.45) is 1.72. The standard InChI is InChI=1S/C11H7ClINO/c12-8-6-7(3-4-9(8)13)11(15)10-2-1-5-14-10/h1-6,14H. The van der Waals surface area contributed by atoms with Crippen LogP contribution in [0.3, 0.4) is 0 Å². The molecule has 0 radical (unpaired) electrons. The van der Waals surface area contributed by atoms with Crippen molar-refractivity contribution in [3.8, 4) is 0 Å². The molecule has 0 aliphatic heterocycles. The van der Waals surface area contributed by atoms with E-state index in [1.807, 2.05) is 6.07 Å². The topological polar surface area (TPSA) is 32.9 Å². The molecule has 2 rings (SSSR count). The van der Waals surface area contributed by atoms with Crippen molar-refractivity contribution in [2.45, 2.75) is 0 Å². The van der Waals surface area contributed by atoms with E-state index in [2.05, 4.69) is 27.6 Å². The summed E-state index contributed by atoms with van der Waals surface area (Å²) in [5.74, 6) is -0.0432. The fourth-order valence-electron chi connectivity index (χ4n) is 1.26. The van der Waals surface area contributed by atoms with E-state index >= 15 is 0 Å². The molecule has 0 atom stereocenters. The molecular weight excluding hydrogens is 324 g/mol. The van der Waals surface area contributed by atoms with E-state index in [0.29, 0.717) is 16.3 Å². The second-order valence-corrected chi connectivity index (χ2v) is 4.61. The summed E-state index contributed by atoms with van der Waals surface area (Å²) < 4.78 is 0.942. The zero-order valence-electron chi connectivity index (χ0n) is 7.63. The fraction of sp³-hybridized carbons (Fsp3) is 0. The number of ketones is 1. The molecule has 2 nitrogen and oxygen atoms in total. The average Bonchev–Trinajstić information content (AvgIpc) is 2.74. The minimum absolute atomic E-state index is 0.0432. The van der Waals surface area contributed by atoms with Crippen molar-refractivity contribution in [2.24, 2.45) is 0 Å². The summed E-state index contributed by atoms with van der Waals surface area (Å²) in [4.78, 5) is 14.8. The number of hydrogen-bond acceptors (Lipinski definition) is 1. The Morgan fingerprint density at radius 1 is 1.33 bits per heavy atom. The first-order chi connectivity index (χ1) is 7.18. The fourth-order valence-corrected chi connectivity index (χ4v) is 1.78. The molecule has 0 unspecified atom stereocenters. The monoisotopic (exact) mass is 331 g/mol. The van der Waals surface area contributed by atoms with Gasteiger partial charge in [0.2, 0.25) is 5.78 Å². The second kappa shape index (κ2) is 4.37. The predicted octanol–water partition coefficient (Wildman–Crippen LogP) is 3.50. The molecule has 15 heavy (non-hydrogen) atoms. The molecule has 1 N–H and O–H groups in total. The molecule has 76 valence electrons. The largest absolute Gasteiger partial charge is 0.359 e. The van der Waals surface area contributed by atoms with Gasteiger partial charge in [0, 0.05) is 15.3 Å². The van der Waals surface area contributed by atoms with Crippen molar-refractivity contribution in [3.63, 3.8) is 0 Å². The molecule has 2 aromatic rings. The number of aromatic amines is 1. The maximum absolute atomic E-state index is 11.9. The van der Waals surface area contributed by atoms with Gasteiger partial charge in [0.05, 0.1) is 10.7 Å². The summed E-state index contributed by atoms with van der Waals surface area (Å²) in [6, 6.07) is 8.83. The minimum atomic E-state index is -0.0432. The summed E-state index contributed by atoms with van der Waals surface area (Å²) in [5, 5.41) is 0.605. The van der Waals surface area contributed by atoms with Gasteiger partial charge in [0.25, 0.3) is 0 Å². The van der Waals surface area contributed by atoms with Crippen LogP contribution in [-0.4, -0.2) is 10.8 Å². The first-order valence-electron chi connectivity index (χ1n) is 4.31. The maximum atomic E-state index is 11.9. The zero-order valence-corrected chi connectivity index (χ0v) is 10.5. The third-order valence-electron chi connectivity index (χ3n) is 2.02. The summed E-state index contributed by atoms with van der Waals surface area (Å²) >= 11 is 8.08. The lowest BCUT2D eigenvalue weighted by molar-refractivity contribution is 0.103. The lowest BCUT2D eigenvalue weighted by Gasteiger charge is -2.00. The van der Waals surface area contributed by atoms with Gasteiger partial charge in [-0.15, -0.1) is 0 Å². The van der Waals surface area contributed by atoms with Crippen LogP contribution in [0.4, 0.5) is 0 Å². The van der Waals surface area contributed by atoms with Gasteiger partial charge in [-0.2, -0.15) is 0 Å². The lowest BCUT2D eigenvalue weighted by atomic mass is 10.1. The van der Waals surface area contributed by atoms with E-state index in [1.165, 1.54) is 0 Å². The number of aromatic nitrogens is 1. The Bertz CT molecular complexity index is 493. The smallest absolute Gasteiger partial charge is 0.209 e. The van der Waals surface area contributed by atoms with Crippen LogP contribution in [0.15, 0.2) is 36.5 Å². The van der Waals surface area contributed by atoms with Crippen LogP contribution in [0, 0.1) is 3.57 Å². The molecule has 1 aromatic carbocycles. The number of nitrogens with one attached hydrogen (secondary N) is 1. The van der Waals surface area contributed by atoms with Gasteiger partial charge in [-0.25, -0.2) is 0 Å². The highest BCUT2D eigenvalue weighted by Gasteiger charge is 2.10. The molecule has 0 aliphatic rings. The van der Waals surface area contributed by atoms with Crippen LogP contribution in [0.5, 0.6) is 0 Å². The number of carbonyl (C=O) groups excluding carboxylic acids is 1. The number of carbonyl (C=O) groups is 1. The van der Waals surface area contributed by atoms with Crippen molar-refractivity contribution >= 4 is 40.0 Å². The highest BCUT2D eigenvalue weighted by atomic mass is 127. The quantitative estimate of drug-likeness (QED) is 0.663. The van der Waals surface area contributed by atoms with Gasteiger partial charge in [0.15, 0.2) is 0 Å². The van der Waals surface area contributed by atoms with Crippen LogP contribution in [0.1, 0.15) is 16.1 Å². The van der Waals surface area contributed by atoms with Gasteiger partial charge < -0.3 is 4.98 Å². The number of hydrogen-bond donors (Lipinski definition) is 1. The van der Waals surface area contributed by atoms with E-state index in [0.717, 1.165) is 3.57 Å². The number of benzene rings is 1. The summed E-state index contributed by atoms with van der Waals surface area (Å²) in [7, 11) is 0. The molecule has 0 spiro atoms. The number of rotatable bonds is 2. The molecule has 1 heterocycles. The first-order valence-corrected chi connectivity index (χ1v) is 5.77. The molecule has 0 saturated carbocycles. The number of H-pyrrole nitrogens is 1. The first kappa shape index (κ1) is 10.7. The van der Waals surface area contributed by atoms with E-state index < -0.39 is 0 Å². The zero-order chi connectivity index (χ0) is 10.8. The Hall–Kier alpha value is -0.810. The van der Waals surface area contributed by atoms with Crippen molar-refractivity contribution in [3.05, 3.63) is 56.4 Å². The summed E-state index contributed by atoms with van der Waals surface area (Å²) in [6.45, 7) is 0. The van der Waals surface area contributed by atoms with Crippen LogP contribution in [-0.2, 0) is 0 Å². The van der Waals surface area contributed by atoms with Gasteiger partial charge in [-0.3, -0.25) is 4.79 Å². The van der Waals surface area contributed by atoms with Crippen molar-refractivity contribution in [1.82, 2.24) is 4.98 Å². The van der Waals surface area contributed by atoms with E-state index in [-0.39, 0.29) is 5.78 Å². The van der Waals surface area contributed by atoms with Crippen molar-refractivity contribution in [1.29, 1.82) is 0 Å². The van der Waals surface area contributed by atoms with E-state index in [9.17, 15) is 4.79 Å². The van der Waals surface area contributed by atoms with Crippen molar-refractivity contribution in [2.75, 3.05) is 0 Å². The minimum Gasteiger partial charge on any atom is -0.359 e. The van der Waals surface area contributed by atoms with E-state index in [1.54, 1.807) is 30.5 Å². The Kier molecular flexibility index (Phi) is 3.11. The molecule has 0 amide bonds. The Morgan fingerprint density at radius 3 is 2.73 bits per heavy atom. The van der Waals surface area contributed by atoms with Crippen LogP contribution in [0.25, 0.3) is 0 Å². The Balaban J connectivity index is 2.39. The van der Waals surface area contributed by atoms with Gasteiger partial charge >= 0.3 is 0 Å². The van der Waals surface area contributed by atoms with Crippen LogP contribution >= 0.6 is 34.2 Å². The van der Waals surface area contributed by atoms with Gasteiger partial charge in [-0.05, 0) is 52.9 Å². The predicted molar refractivity (Wildman–Crippen MR) is 68.4 cm³/mol. The normalized spacial score (nSPS) is 10.3. The SMILES string of the molecule is O=C(c1ccc(I)c(Cl)c1)c1ccc[nH]1. The van der Waals surface area contributed by atoms with Crippen LogP contribution < -0.4 is 0 Å². The second-order valence-electron chi connectivity index (χ2n) is 3.04. The highest BCUT2D eigenvalue weighted by molar-refractivity contribution is 14.1. The molecular formula is C11H7ClINO. The Morgan fingerprint density at radius 2 is 2.13 bits per heavy atom. The third-order valence-corrected chi connectivity index (χ3v) is 3.60. The molecule has 4 heteroatoms. The molecule has 0 bridgehead atoms. The molecule has 0 saturated heterocycles. The molecule has 0 aliphatic carbocycles. The lowest BCUT2D eigenvalue weighted by Crippen LogP contribution is -2.01. The highest BCUT2D eigenvalue weighted by Crippen LogP contribution is 2.20. The maximum Gasteiger partial charge on any atom is 0.209 e. The Labute approximate surface area is 106 Å². The van der Waals surface area contributed by atoms with Gasteiger partial charge in [0.1, 0.15) is 0 Å². The molecule has 1 aromatic heterocycles.